The first kappa shape index (κ1) is 16.0. The molecule has 21 heavy (non-hydrogen) atoms. The van der Waals surface area contributed by atoms with Crippen molar-refractivity contribution in [2.24, 2.45) is 0 Å². The van der Waals surface area contributed by atoms with Gasteiger partial charge in [-0.05, 0) is 42.9 Å². The lowest BCUT2D eigenvalue weighted by atomic mass is 9.96. The van der Waals surface area contributed by atoms with E-state index in [2.05, 4.69) is 6.07 Å². The molecule has 2 rings (SSSR count). The molecule has 0 saturated heterocycles. The molecule has 0 atom stereocenters. The van der Waals surface area contributed by atoms with Crippen molar-refractivity contribution in [3.8, 4) is 0 Å². The van der Waals surface area contributed by atoms with Gasteiger partial charge in [0.25, 0.3) is 5.91 Å². The van der Waals surface area contributed by atoms with Gasteiger partial charge in [0.1, 0.15) is 0 Å². The number of carbonyl (C=O) groups is 1. The number of methoxy groups -OCH3 is 2. The minimum absolute atomic E-state index is 0.0489. The standard InChI is InChI=1S/C17H25NO3/c1-18(12-16(20-2)21-3)17(19)15-11-7-9-13-8-5-4-6-10-14(13)15/h7,9,11,16H,4-6,8,10,12H2,1-3H3. The van der Waals surface area contributed by atoms with E-state index < -0.39 is 0 Å². The summed E-state index contributed by atoms with van der Waals surface area (Å²) in [5.41, 5.74) is 3.41. The number of fused-ring (bicyclic) bond motifs is 1. The van der Waals surface area contributed by atoms with Crippen molar-refractivity contribution < 1.29 is 14.3 Å². The summed E-state index contributed by atoms with van der Waals surface area (Å²) >= 11 is 0. The fourth-order valence-corrected chi connectivity index (χ4v) is 2.92. The van der Waals surface area contributed by atoms with Crippen LogP contribution in [0.5, 0.6) is 0 Å². The second-order valence-electron chi connectivity index (χ2n) is 5.59. The maximum atomic E-state index is 12.7. The zero-order chi connectivity index (χ0) is 15.2. The molecule has 0 aromatic heterocycles. The molecule has 4 heteroatoms. The first-order chi connectivity index (χ1) is 10.2. The minimum atomic E-state index is -0.388. The van der Waals surface area contributed by atoms with Crippen LogP contribution in [0.4, 0.5) is 0 Å². The van der Waals surface area contributed by atoms with Gasteiger partial charge < -0.3 is 14.4 Å². The van der Waals surface area contributed by atoms with Crippen LogP contribution in [0.3, 0.4) is 0 Å². The van der Waals surface area contributed by atoms with E-state index in [0.717, 1.165) is 18.4 Å². The number of likely N-dealkylation sites (N-methyl/N-ethyl adjacent to an activating group) is 1. The molecule has 0 aliphatic heterocycles. The molecule has 0 saturated carbocycles. The molecular weight excluding hydrogens is 266 g/mol. The second kappa shape index (κ2) is 7.57. The number of hydrogen-bond acceptors (Lipinski definition) is 3. The van der Waals surface area contributed by atoms with Crippen molar-refractivity contribution in [3.63, 3.8) is 0 Å². The Morgan fingerprint density at radius 1 is 1.19 bits per heavy atom. The van der Waals surface area contributed by atoms with Crippen LogP contribution in [0.15, 0.2) is 18.2 Å². The van der Waals surface area contributed by atoms with Crippen LogP contribution in [0.1, 0.15) is 40.7 Å². The number of ether oxygens (including phenoxy) is 2. The first-order valence-corrected chi connectivity index (χ1v) is 7.59. The maximum Gasteiger partial charge on any atom is 0.254 e. The molecule has 0 bridgehead atoms. The largest absolute Gasteiger partial charge is 0.354 e. The van der Waals surface area contributed by atoms with Gasteiger partial charge in [0.15, 0.2) is 6.29 Å². The van der Waals surface area contributed by atoms with Crippen LogP contribution >= 0.6 is 0 Å². The van der Waals surface area contributed by atoms with Gasteiger partial charge in [-0.15, -0.1) is 0 Å². The summed E-state index contributed by atoms with van der Waals surface area (Å²) in [5.74, 6) is 0.0489. The van der Waals surface area contributed by atoms with E-state index in [0.29, 0.717) is 6.54 Å². The lowest BCUT2D eigenvalue weighted by molar-refractivity contribution is -0.110. The SMILES string of the molecule is COC(CN(C)C(=O)c1cccc2c1CCCCC2)OC. The summed E-state index contributed by atoms with van der Waals surface area (Å²) in [6.07, 6.45) is 5.33. The summed E-state index contributed by atoms with van der Waals surface area (Å²) in [4.78, 5) is 14.4. The van der Waals surface area contributed by atoms with Crippen LogP contribution in [-0.2, 0) is 22.3 Å². The number of nitrogens with zero attached hydrogens (tertiary/aromatic N) is 1. The van der Waals surface area contributed by atoms with Crippen molar-refractivity contribution in [1.82, 2.24) is 4.90 Å². The maximum absolute atomic E-state index is 12.7. The van der Waals surface area contributed by atoms with E-state index in [1.807, 2.05) is 12.1 Å². The van der Waals surface area contributed by atoms with Gasteiger partial charge in [0.2, 0.25) is 0 Å². The lowest BCUT2D eigenvalue weighted by Gasteiger charge is -2.23. The predicted octanol–water partition coefficient (Wildman–Crippen LogP) is 2.65. The topological polar surface area (TPSA) is 38.8 Å². The van der Waals surface area contributed by atoms with E-state index in [4.69, 9.17) is 9.47 Å². The molecule has 4 nitrogen and oxygen atoms in total. The Hall–Kier alpha value is -1.39. The van der Waals surface area contributed by atoms with Gasteiger partial charge in [-0.1, -0.05) is 18.6 Å². The number of rotatable bonds is 5. The molecule has 0 heterocycles. The van der Waals surface area contributed by atoms with Crippen LogP contribution in [0, 0.1) is 0 Å². The second-order valence-corrected chi connectivity index (χ2v) is 5.59. The van der Waals surface area contributed by atoms with Gasteiger partial charge in [-0.2, -0.15) is 0 Å². The Kier molecular flexibility index (Phi) is 5.76. The molecule has 116 valence electrons. The fraction of sp³-hybridized carbons (Fsp3) is 0.588. The van der Waals surface area contributed by atoms with E-state index >= 15 is 0 Å². The van der Waals surface area contributed by atoms with Crippen LogP contribution in [-0.4, -0.2) is 44.9 Å². The summed E-state index contributed by atoms with van der Waals surface area (Å²) in [7, 11) is 4.96. The fourth-order valence-electron chi connectivity index (χ4n) is 2.92. The molecule has 1 amide bonds. The minimum Gasteiger partial charge on any atom is -0.354 e. The molecule has 1 aliphatic carbocycles. The zero-order valence-corrected chi connectivity index (χ0v) is 13.2. The lowest BCUT2D eigenvalue weighted by Crippen LogP contribution is -2.36. The average molecular weight is 291 g/mol. The molecule has 1 aliphatic rings. The number of amides is 1. The van der Waals surface area contributed by atoms with Crippen molar-refractivity contribution >= 4 is 5.91 Å². The smallest absolute Gasteiger partial charge is 0.254 e. The normalized spacial score (nSPS) is 14.7. The van der Waals surface area contributed by atoms with Gasteiger partial charge in [0, 0.05) is 26.8 Å². The van der Waals surface area contributed by atoms with Crippen molar-refractivity contribution in [2.45, 2.75) is 38.4 Å². The Morgan fingerprint density at radius 3 is 2.62 bits per heavy atom. The zero-order valence-electron chi connectivity index (χ0n) is 13.2. The van der Waals surface area contributed by atoms with Crippen molar-refractivity contribution in [3.05, 3.63) is 34.9 Å². The van der Waals surface area contributed by atoms with E-state index in [-0.39, 0.29) is 12.2 Å². The van der Waals surface area contributed by atoms with Crippen molar-refractivity contribution in [2.75, 3.05) is 27.8 Å². The van der Waals surface area contributed by atoms with Crippen LogP contribution in [0.25, 0.3) is 0 Å². The average Bonchev–Trinajstić information content (AvgIpc) is 2.76. The molecule has 1 aromatic rings. The number of hydrogen-bond donors (Lipinski definition) is 0. The third-order valence-corrected chi connectivity index (χ3v) is 4.17. The Morgan fingerprint density at radius 2 is 1.90 bits per heavy atom. The highest BCUT2D eigenvalue weighted by atomic mass is 16.7. The van der Waals surface area contributed by atoms with Crippen LogP contribution in [0.2, 0.25) is 0 Å². The third-order valence-electron chi connectivity index (χ3n) is 4.17. The molecule has 0 radical (unpaired) electrons. The van der Waals surface area contributed by atoms with Gasteiger partial charge in [-0.3, -0.25) is 4.79 Å². The summed E-state index contributed by atoms with van der Waals surface area (Å²) < 4.78 is 10.3. The number of benzene rings is 1. The highest BCUT2D eigenvalue weighted by molar-refractivity contribution is 5.96. The predicted molar refractivity (Wildman–Crippen MR) is 82.5 cm³/mol. The van der Waals surface area contributed by atoms with Gasteiger partial charge >= 0.3 is 0 Å². The molecule has 1 aromatic carbocycles. The quantitative estimate of drug-likeness (QED) is 0.618. The Labute approximate surface area is 127 Å². The van der Waals surface area contributed by atoms with Crippen LogP contribution < -0.4 is 0 Å². The van der Waals surface area contributed by atoms with E-state index in [9.17, 15) is 4.79 Å². The third kappa shape index (κ3) is 3.83. The van der Waals surface area contributed by atoms with E-state index in [1.165, 1.54) is 30.4 Å². The monoisotopic (exact) mass is 291 g/mol. The molecule has 0 spiro atoms. The number of aryl methyl sites for hydroxylation is 1. The molecule has 0 fully saturated rings. The summed E-state index contributed by atoms with van der Waals surface area (Å²) in [5, 5.41) is 0. The first-order valence-electron chi connectivity index (χ1n) is 7.59. The highest BCUT2D eigenvalue weighted by Crippen LogP contribution is 2.24. The van der Waals surface area contributed by atoms with E-state index in [1.54, 1.807) is 26.2 Å². The summed E-state index contributed by atoms with van der Waals surface area (Å²) in [6, 6.07) is 6.09. The van der Waals surface area contributed by atoms with Gasteiger partial charge in [0.05, 0.1) is 6.54 Å². The summed E-state index contributed by atoms with van der Waals surface area (Å²) in [6.45, 7) is 0.426. The molecule has 0 unspecified atom stereocenters. The number of carbonyl (C=O) groups excluding carboxylic acids is 1. The van der Waals surface area contributed by atoms with Crippen molar-refractivity contribution in [1.29, 1.82) is 0 Å². The Bertz CT molecular complexity index is 483. The highest BCUT2D eigenvalue weighted by Gasteiger charge is 2.21. The Balaban J connectivity index is 2.19. The van der Waals surface area contributed by atoms with Gasteiger partial charge in [-0.25, -0.2) is 0 Å². The molecular formula is C17H25NO3. The molecule has 0 N–H and O–H groups in total.